The molecule has 2 amide bonds. The first-order chi connectivity index (χ1) is 22.3. The van der Waals surface area contributed by atoms with Crippen molar-refractivity contribution >= 4 is 47.0 Å². The average molecular weight is 645 g/mol. The zero-order valence-electron chi connectivity index (χ0n) is 25.3. The standard InChI is InChI=1S/C32H33ClN8O5/c1-3-46-31(43)26-7-5-4-6-25(38-30(42)13-8-21-16-22(33)9-12-29(21)41-19-35-39-40-41)28-17-20(14-15-34-28)24-11-10-23(18-27(24)37-26)36-32(44)45-2/h8-19,25-26,37H,3-7H2,1-2H3,(H,36,44)(H,38,42)/b13-8+/t25-,26-/m0/s1. The fraction of sp³-hybridized carbons (Fsp3) is 0.281. The van der Waals surface area contributed by atoms with Crippen LogP contribution in [0, 0.1) is 0 Å². The molecule has 0 aliphatic carbocycles. The molecule has 0 saturated carbocycles. The molecule has 46 heavy (non-hydrogen) atoms. The number of tetrazole rings is 1. The second-order valence-corrected chi connectivity index (χ2v) is 10.9. The quantitative estimate of drug-likeness (QED) is 0.177. The summed E-state index contributed by atoms with van der Waals surface area (Å²) in [6, 6.07) is 13.3. The van der Waals surface area contributed by atoms with E-state index in [1.165, 1.54) is 24.2 Å². The molecule has 2 atom stereocenters. The highest BCUT2D eigenvalue weighted by molar-refractivity contribution is 6.30. The van der Waals surface area contributed by atoms with Crippen LogP contribution in [-0.2, 0) is 19.1 Å². The number of esters is 1. The maximum atomic E-state index is 13.3. The number of amides is 2. The maximum Gasteiger partial charge on any atom is 0.411 e. The van der Waals surface area contributed by atoms with Crippen molar-refractivity contribution in [2.24, 2.45) is 0 Å². The molecule has 14 heteroatoms. The number of nitrogens with one attached hydrogen (secondary N) is 3. The number of rotatable bonds is 7. The van der Waals surface area contributed by atoms with Crippen LogP contribution in [0.15, 0.2) is 67.1 Å². The zero-order valence-corrected chi connectivity index (χ0v) is 26.0. The fourth-order valence-electron chi connectivity index (χ4n) is 5.16. The SMILES string of the molecule is CCOC(=O)[C@@H]1CCCC[C@H](NC(=O)/C=C/c2cc(Cl)ccc2-n2cnnn2)c2cc(ccn2)-c2ccc(NC(=O)OC)cc2N1. The van der Waals surface area contributed by atoms with Gasteiger partial charge in [-0.05, 0) is 84.3 Å². The summed E-state index contributed by atoms with van der Waals surface area (Å²) >= 11 is 6.23. The lowest BCUT2D eigenvalue weighted by molar-refractivity contribution is -0.144. The zero-order chi connectivity index (χ0) is 32.5. The van der Waals surface area contributed by atoms with Gasteiger partial charge in [-0.1, -0.05) is 30.5 Å². The van der Waals surface area contributed by atoms with E-state index in [-0.39, 0.29) is 18.5 Å². The number of carbonyl (C=O) groups is 3. The Morgan fingerprint density at radius 3 is 2.74 bits per heavy atom. The molecule has 238 valence electrons. The van der Waals surface area contributed by atoms with Crippen molar-refractivity contribution in [3.63, 3.8) is 0 Å². The second-order valence-electron chi connectivity index (χ2n) is 10.4. The Morgan fingerprint density at radius 2 is 1.96 bits per heavy atom. The number of methoxy groups -OCH3 is 1. The van der Waals surface area contributed by atoms with E-state index < -0.39 is 18.2 Å². The van der Waals surface area contributed by atoms with Gasteiger partial charge in [0.05, 0.1) is 31.1 Å². The van der Waals surface area contributed by atoms with Crippen LogP contribution in [0.2, 0.25) is 5.02 Å². The molecule has 0 radical (unpaired) electrons. The van der Waals surface area contributed by atoms with Crippen molar-refractivity contribution in [1.82, 2.24) is 30.5 Å². The molecular formula is C32H33ClN8O5. The van der Waals surface area contributed by atoms with Crippen molar-refractivity contribution < 1.29 is 23.9 Å². The number of carbonyl (C=O) groups excluding carboxylic acids is 3. The first-order valence-electron chi connectivity index (χ1n) is 14.7. The number of ether oxygens (including phenoxy) is 2. The predicted molar refractivity (Wildman–Crippen MR) is 172 cm³/mol. The van der Waals surface area contributed by atoms with Gasteiger partial charge < -0.3 is 20.1 Å². The van der Waals surface area contributed by atoms with Crippen LogP contribution >= 0.6 is 11.6 Å². The number of halogens is 1. The monoisotopic (exact) mass is 644 g/mol. The van der Waals surface area contributed by atoms with Gasteiger partial charge in [0.15, 0.2) is 0 Å². The molecule has 5 rings (SSSR count). The molecule has 4 aromatic rings. The van der Waals surface area contributed by atoms with Gasteiger partial charge in [-0.2, -0.15) is 4.68 Å². The second kappa shape index (κ2) is 15.1. The van der Waals surface area contributed by atoms with Crippen molar-refractivity contribution in [1.29, 1.82) is 0 Å². The maximum absolute atomic E-state index is 13.3. The Morgan fingerprint density at radius 1 is 1.11 bits per heavy atom. The summed E-state index contributed by atoms with van der Waals surface area (Å²) < 4.78 is 11.6. The van der Waals surface area contributed by atoms with Gasteiger partial charge in [0, 0.05) is 39.8 Å². The lowest BCUT2D eigenvalue weighted by Gasteiger charge is -2.24. The lowest BCUT2D eigenvalue weighted by atomic mass is 9.96. The van der Waals surface area contributed by atoms with Crippen LogP contribution in [0.4, 0.5) is 16.2 Å². The summed E-state index contributed by atoms with van der Waals surface area (Å²) in [5.41, 5.74) is 4.68. The summed E-state index contributed by atoms with van der Waals surface area (Å²) in [7, 11) is 1.28. The van der Waals surface area contributed by atoms with E-state index in [2.05, 4.69) is 36.5 Å². The molecule has 1 aliphatic heterocycles. The van der Waals surface area contributed by atoms with Gasteiger partial charge in [-0.3, -0.25) is 15.1 Å². The first-order valence-corrected chi connectivity index (χ1v) is 15.1. The smallest absolute Gasteiger partial charge is 0.411 e. The summed E-state index contributed by atoms with van der Waals surface area (Å²) in [4.78, 5) is 42.7. The number of aromatic nitrogens is 5. The summed E-state index contributed by atoms with van der Waals surface area (Å²) in [5.74, 6) is -0.693. The van der Waals surface area contributed by atoms with Crippen LogP contribution in [0.3, 0.4) is 0 Å². The minimum Gasteiger partial charge on any atom is -0.464 e. The van der Waals surface area contributed by atoms with Gasteiger partial charge >= 0.3 is 12.1 Å². The van der Waals surface area contributed by atoms with Gasteiger partial charge in [0.25, 0.3) is 0 Å². The molecule has 0 saturated heterocycles. The number of hydrogen-bond donors (Lipinski definition) is 3. The molecule has 2 bridgehead atoms. The summed E-state index contributed by atoms with van der Waals surface area (Å²) in [5, 5.41) is 20.9. The number of pyridine rings is 1. The Kier molecular flexibility index (Phi) is 10.6. The Bertz CT molecular complexity index is 1730. The third kappa shape index (κ3) is 8.04. The van der Waals surface area contributed by atoms with E-state index in [0.29, 0.717) is 59.0 Å². The van der Waals surface area contributed by atoms with E-state index in [0.717, 1.165) is 11.1 Å². The van der Waals surface area contributed by atoms with Crippen LogP contribution in [0.5, 0.6) is 0 Å². The fourth-order valence-corrected chi connectivity index (χ4v) is 5.34. The highest BCUT2D eigenvalue weighted by Gasteiger charge is 2.24. The van der Waals surface area contributed by atoms with Gasteiger partial charge in [-0.15, -0.1) is 5.10 Å². The largest absolute Gasteiger partial charge is 0.464 e. The molecule has 13 nitrogen and oxygen atoms in total. The number of nitrogens with zero attached hydrogens (tertiary/aromatic N) is 5. The number of benzene rings is 2. The van der Waals surface area contributed by atoms with Crippen LogP contribution < -0.4 is 16.0 Å². The highest BCUT2D eigenvalue weighted by Crippen LogP contribution is 2.34. The molecular weight excluding hydrogens is 612 g/mol. The molecule has 0 fully saturated rings. The Balaban J connectivity index is 1.45. The van der Waals surface area contributed by atoms with E-state index in [1.807, 2.05) is 18.2 Å². The van der Waals surface area contributed by atoms with Crippen LogP contribution in [-0.4, -0.2) is 62.9 Å². The molecule has 1 aliphatic rings. The normalized spacial score (nSPS) is 16.2. The van der Waals surface area contributed by atoms with E-state index in [1.54, 1.807) is 49.5 Å². The molecule has 3 heterocycles. The number of fused-ring (bicyclic) bond motifs is 4. The van der Waals surface area contributed by atoms with Crippen molar-refractivity contribution in [2.45, 2.75) is 44.7 Å². The minimum absolute atomic E-state index is 0.246. The summed E-state index contributed by atoms with van der Waals surface area (Å²) in [6.45, 7) is 2.01. The van der Waals surface area contributed by atoms with Crippen LogP contribution in [0.1, 0.15) is 49.9 Å². The average Bonchev–Trinajstić information content (AvgIpc) is 3.59. The van der Waals surface area contributed by atoms with Gasteiger partial charge in [0.1, 0.15) is 12.4 Å². The predicted octanol–water partition coefficient (Wildman–Crippen LogP) is 5.34. The third-order valence-electron chi connectivity index (χ3n) is 7.35. The Labute approximate surface area is 270 Å². The van der Waals surface area contributed by atoms with E-state index >= 15 is 0 Å². The van der Waals surface area contributed by atoms with Gasteiger partial charge in [-0.25, -0.2) is 9.59 Å². The van der Waals surface area contributed by atoms with Crippen molar-refractivity contribution in [2.75, 3.05) is 24.4 Å². The molecule has 0 spiro atoms. The lowest BCUT2D eigenvalue weighted by Crippen LogP contribution is -2.32. The van der Waals surface area contributed by atoms with Crippen molar-refractivity contribution in [3.05, 3.63) is 83.4 Å². The highest BCUT2D eigenvalue weighted by atomic mass is 35.5. The first kappa shape index (κ1) is 32.1. The van der Waals surface area contributed by atoms with E-state index in [9.17, 15) is 14.4 Å². The molecule has 0 unspecified atom stereocenters. The molecule has 2 aromatic carbocycles. The summed E-state index contributed by atoms with van der Waals surface area (Å²) in [6.07, 6.45) is 8.07. The van der Waals surface area contributed by atoms with Crippen molar-refractivity contribution in [3.8, 4) is 16.8 Å². The van der Waals surface area contributed by atoms with Crippen LogP contribution in [0.25, 0.3) is 22.9 Å². The topological polar surface area (TPSA) is 162 Å². The Hall–Kier alpha value is -5.30. The number of anilines is 2. The number of hydrogen-bond acceptors (Lipinski definition) is 10. The molecule has 2 aromatic heterocycles. The third-order valence-corrected chi connectivity index (χ3v) is 7.59. The van der Waals surface area contributed by atoms with Gasteiger partial charge in [0.2, 0.25) is 5.91 Å². The van der Waals surface area contributed by atoms with E-state index in [4.69, 9.17) is 21.1 Å². The molecule has 3 N–H and O–H groups in total. The minimum atomic E-state index is -0.629.